The van der Waals surface area contributed by atoms with Crippen molar-refractivity contribution in [1.82, 2.24) is 9.97 Å². The van der Waals surface area contributed by atoms with E-state index < -0.39 is 18.4 Å². The predicted molar refractivity (Wildman–Crippen MR) is 141 cm³/mol. The molecule has 0 atom stereocenters. The van der Waals surface area contributed by atoms with E-state index in [0.29, 0.717) is 46.1 Å². The van der Waals surface area contributed by atoms with E-state index in [-0.39, 0.29) is 17.2 Å². The minimum absolute atomic E-state index is 0.128. The Bertz CT molecular complexity index is 1610. The Balaban J connectivity index is 1.47. The number of ketones is 2. The third kappa shape index (κ3) is 4.44. The second-order valence-corrected chi connectivity index (χ2v) is 9.27. The number of aromatic hydroxyl groups is 1. The lowest BCUT2D eigenvalue weighted by Crippen LogP contribution is -2.17. The van der Waals surface area contributed by atoms with Crippen LogP contribution in [-0.2, 0) is 11.2 Å². The second-order valence-electron chi connectivity index (χ2n) is 9.27. The number of carbonyl (C=O) groups excluding carboxylic acids is 3. The molecule has 0 saturated heterocycles. The van der Waals surface area contributed by atoms with Crippen LogP contribution in [-0.4, -0.2) is 39.2 Å². The summed E-state index contributed by atoms with van der Waals surface area (Å²) in [5.74, 6) is -0.914. The molecule has 186 valence electrons. The van der Waals surface area contributed by atoms with E-state index in [4.69, 9.17) is 9.72 Å². The second kappa shape index (κ2) is 9.50. The van der Waals surface area contributed by atoms with Crippen LogP contribution in [0.25, 0.3) is 22.6 Å². The number of fused-ring (bicyclic) bond motifs is 2. The first-order valence-electron chi connectivity index (χ1n) is 12.1. The first-order chi connectivity index (χ1) is 17.7. The Morgan fingerprint density at radius 3 is 2.46 bits per heavy atom. The maximum Gasteiger partial charge on any atom is 0.339 e. The zero-order valence-corrected chi connectivity index (χ0v) is 20.8. The van der Waals surface area contributed by atoms with Gasteiger partial charge in [-0.05, 0) is 80.2 Å². The molecule has 2 aromatic carbocycles. The Labute approximate surface area is 213 Å². The molecule has 0 bridgehead atoms. The number of hydrogen-bond acceptors (Lipinski definition) is 6. The number of aryl methyl sites for hydroxylation is 1. The number of rotatable bonds is 6. The molecule has 0 saturated carbocycles. The summed E-state index contributed by atoms with van der Waals surface area (Å²) < 4.78 is 5.54. The van der Waals surface area contributed by atoms with Crippen molar-refractivity contribution in [3.63, 3.8) is 0 Å². The minimum Gasteiger partial charge on any atom is -0.508 e. The van der Waals surface area contributed by atoms with Crippen LogP contribution < -0.4 is 0 Å². The van der Waals surface area contributed by atoms with E-state index in [9.17, 15) is 19.5 Å². The van der Waals surface area contributed by atoms with Gasteiger partial charge in [0.1, 0.15) is 5.75 Å². The number of H-pyrrole nitrogens is 1. The van der Waals surface area contributed by atoms with Gasteiger partial charge in [-0.1, -0.05) is 30.3 Å². The number of aromatic amines is 1. The molecular formula is C30H26N2O5. The summed E-state index contributed by atoms with van der Waals surface area (Å²) >= 11 is 0. The monoisotopic (exact) mass is 494 g/mol. The molecule has 2 aromatic heterocycles. The summed E-state index contributed by atoms with van der Waals surface area (Å²) in [4.78, 5) is 46.1. The van der Waals surface area contributed by atoms with E-state index in [2.05, 4.69) is 4.98 Å². The fourth-order valence-corrected chi connectivity index (χ4v) is 5.12. The number of nitrogens with zero attached hydrogens (tertiary/aromatic N) is 1. The summed E-state index contributed by atoms with van der Waals surface area (Å²) in [6, 6.07) is 14.3. The number of pyridine rings is 1. The number of phenolic OH excluding ortho intramolecular Hbond substituents is 1. The number of phenols is 1. The molecule has 0 unspecified atom stereocenters. The fourth-order valence-electron chi connectivity index (χ4n) is 5.12. The Hall–Kier alpha value is -4.52. The standard InChI is InChI=1S/C30H26N2O5/c1-16-26(18(3)33)17(2)31-28(16)25(35)15-37-30(36)27-22-6-4-5-7-24(22)32-29-20(10-13-23(27)29)14-19-8-11-21(34)12-9-19/h4-9,11-12,14,31,34H,10,13,15H2,1-3H3/b20-14+. The molecule has 1 aliphatic rings. The van der Waals surface area contributed by atoms with Crippen molar-refractivity contribution in [2.45, 2.75) is 33.6 Å². The van der Waals surface area contributed by atoms with Crippen molar-refractivity contribution < 1.29 is 24.2 Å². The Morgan fingerprint density at radius 2 is 1.76 bits per heavy atom. The van der Waals surface area contributed by atoms with Gasteiger partial charge in [0.15, 0.2) is 12.4 Å². The normalized spacial score (nSPS) is 13.6. The van der Waals surface area contributed by atoms with Gasteiger partial charge < -0.3 is 14.8 Å². The number of allylic oxidation sites excluding steroid dienone is 1. The third-order valence-corrected chi connectivity index (χ3v) is 6.78. The molecule has 2 heterocycles. The van der Waals surface area contributed by atoms with Crippen LogP contribution in [0.3, 0.4) is 0 Å². The van der Waals surface area contributed by atoms with Gasteiger partial charge in [0.2, 0.25) is 5.78 Å². The number of carbonyl (C=O) groups is 3. The highest BCUT2D eigenvalue weighted by molar-refractivity contribution is 6.09. The molecule has 1 aliphatic carbocycles. The van der Waals surface area contributed by atoms with E-state index in [1.165, 1.54) is 6.92 Å². The minimum atomic E-state index is -0.582. The van der Waals surface area contributed by atoms with Crippen molar-refractivity contribution in [2.75, 3.05) is 6.61 Å². The Kier molecular flexibility index (Phi) is 6.21. The molecular weight excluding hydrogens is 468 g/mol. The molecule has 4 aromatic rings. The topological polar surface area (TPSA) is 109 Å². The van der Waals surface area contributed by atoms with E-state index in [0.717, 1.165) is 22.4 Å². The molecule has 0 amide bonds. The number of esters is 1. The van der Waals surface area contributed by atoms with Gasteiger partial charge in [-0.3, -0.25) is 9.59 Å². The van der Waals surface area contributed by atoms with Crippen LogP contribution >= 0.6 is 0 Å². The molecule has 7 nitrogen and oxygen atoms in total. The lowest BCUT2D eigenvalue weighted by molar-refractivity contribution is 0.0474. The lowest BCUT2D eigenvalue weighted by atomic mass is 10.0. The van der Waals surface area contributed by atoms with Gasteiger partial charge in [-0.15, -0.1) is 0 Å². The number of para-hydroxylation sites is 1. The summed E-state index contributed by atoms with van der Waals surface area (Å²) in [5, 5.41) is 10.3. The smallest absolute Gasteiger partial charge is 0.339 e. The average molecular weight is 495 g/mol. The molecule has 7 heteroatoms. The highest BCUT2D eigenvalue weighted by Crippen LogP contribution is 2.38. The van der Waals surface area contributed by atoms with Crippen molar-refractivity contribution in [3.05, 3.63) is 93.4 Å². The average Bonchev–Trinajstić information content (AvgIpc) is 3.41. The zero-order valence-electron chi connectivity index (χ0n) is 20.8. The molecule has 0 aliphatic heterocycles. The highest BCUT2D eigenvalue weighted by atomic mass is 16.5. The highest BCUT2D eigenvalue weighted by Gasteiger charge is 2.28. The number of aromatic nitrogens is 2. The van der Waals surface area contributed by atoms with Crippen molar-refractivity contribution in [3.8, 4) is 5.75 Å². The summed E-state index contributed by atoms with van der Waals surface area (Å²) in [7, 11) is 0. The van der Waals surface area contributed by atoms with Gasteiger partial charge in [0.25, 0.3) is 0 Å². The number of benzene rings is 2. The zero-order chi connectivity index (χ0) is 26.3. The van der Waals surface area contributed by atoms with Gasteiger partial charge in [-0.2, -0.15) is 0 Å². The van der Waals surface area contributed by atoms with Gasteiger partial charge in [-0.25, -0.2) is 9.78 Å². The predicted octanol–water partition coefficient (Wildman–Crippen LogP) is 5.61. The lowest BCUT2D eigenvalue weighted by Gasteiger charge is -2.12. The van der Waals surface area contributed by atoms with Gasteiger partial charge >= 0.3 is 5.97 Å². The molecule has 37 heavy (non-hydrogen) atoms. The summed E-state index contributed by atoms with van der Waals surface area (Å²) in [6.45, 7) is 4.46. The SMILES string of the molecule is CC(=O)c1c(C)[nH]c(C(=O)COC(=O)c2c3c(nc4ccccc24)/C(=C/c2ccc(O)cc2)CC3)c1C. The van der Waals surface area contributed by atoms with Crippen LogP contribution in [0.1, 0.15) is 72.6 Å². The van der Waals surface area contributed by atoms with E-state index in [1.54, 1.807) is 26.0 Å². The maximum absolute atomic E-state index is 13.4. The van der Waals surface area contributed by atoms with Crippen molar-refractivity contribution in [1.29, 1.82) is 0 Å². The number of ether oxygens (including phenoxy) is 1. The number of hydrogen-bond donors (Lipinski definition) is 2. The first kappa shape index (κ1) is 24.2. The largest absolute Gasteiger partial charge is 0.508 e. The van der Waals surface area contributed by atoms with Crippen LogP contribution in [0.5, 0.6) is 5.75 Å². The third-order valence-electron chi connectivity index (χ3n) is 6.78. The van der Waals surface area contributed by atoms with Crippen LogP contribution in [0, 0.1) is 13.8 Å². The number of nitrogens with one attached hydrogen (secondary N) is 1. The number of Topliss-reactive ketones (excluding diaryl/α,β-unsaturated/α-hetero) is 2. The maximum atomic E-state index is 13.4. The molecule has 0 fully saturated rings. The molecule has 2 N–H and O–H groups in total. The van der Waals surface area contributed by atoms with Gasteiger partial charge in [0.05, 0.1) is 22.5 Å². The van der Waals surface area contributed by atoms with Crippen molar-refractivity contribution in [2.24, 2.45) is 0 Å². The summed E-state index contributed by atoms with van der Waals surface area (Å²) in [5.41, 5.74) is 6.48. The van der Waals surface area contributed by atoms with Gasteiger partial charge in [0, 0.05) is 16.6 Å². The fraction of sp³-hybridized carbons (Fsp3) is 0.200. The van der Waals surface area contributed by atoms with E-state index in [1.807, 2.05) is 42.5 Å². The van der Waals surface area contributed by atoms with Crippen LogP contribution in [0.2, 0.25) is 0 Å². The molecule has 5 rings (SSSR count). The summed E-state index contributed by atoms with van der Waals surface area (Å²) in [6.07, 6.45) is 3.33. The molecule has 0 spiro atoms. The van der Waals surface area contributed by atoms with Crippen molar-refractivity contribution >= 4 is 40.1 Å². The Morgan fingerprint density at radius 1 is 1.03 bits per heavy atom. The quantitative estimate of drug-likeness (QED) is 0.266. The van der Waals surface area contributed by atoms with Crippen LogP contribution in [0.4, 0.5) is 0 Å². The molecule has 0 radical (unpaired) electrons. The van der Waals surface area contributed by atoms with E-state index >= 15 is 0 Å². The first-order valence-corrected chi connectivity index (χ1v) is 12.1. The van der Waals surface area contributed by atoms with Crippen LogP contribution in [0.15, 0.2) is 48.5 Å².